The molecule has 0 amide bonds. The molecular weight excluding hydrogens is 190 g/mol. The van der Waals surface area contributed by atoms with E-state index in [4.69, 9.17) is 5.73 Å². The first kappa shape index (κ1) is 11.8. The Morgan fingerprint density at radius 3 is 2.67 bits per heavy atom. The molecule has 5 nitrogen and oxygen atoms in total. The van der Waals surface area contributed by atoms with Gasteiger partial charge in [0.2, 0.25) is 0 Å². The Hall–Kier alpha value is -1.23. The summed E-state index contributed by atoms with van der Waals surface area (Å²) < 4.78 is 0. The van der Waals surface area contributed by atoms with Crippen LogP contribution in [0.3, 0.4) is 0 Å². The lowest BCUT2D eigenvalue weighted by atomic mass is 9.93. The molecule has 4 N–H and O–H groups in total. The number of anilines is 2. The van der Waals surface area contributed by atoms with Crippen molar-refractivity contribution in [2.75, 3.05) is 38.2 Å². The summed E-state index contributed by atoms with van der Waals surface area (Å²) in [6, 6.07) is 0. The van der Waals surface area contributed by atoms with E-state index in [1.807, 2.05) is 0 Å². The largest absolute Gasteiger partial charge is 0.382 e. The summed E-state index contributed by atoms with van der Waals surface area (Å²) in [5.74, 6) is 0.593. The van der Waals surface area contributed by atoms with E-state index in [1.165, 1.54) is 0 Å². The van der Waals surface area contributed by atoms with Gasteiger partial charge in [-0.25, -0.2) is 0 Å². The number of nitrogens with one attached hydrogen (secondary N) is 2. The van der Waals surface area contributed by atoms with Crippen LogP contribution in [0.1, 0.15) is 13.8 Å². The minimum Gasteiger partial charge on any atom is -0.382 e. The molecule has 1 rings (SSSR count). The van der Waals surface area contributed by atoms with E-state index in [2.05, 4.69) is 48.4 Å². The summed E-state index contributed by atoms with van der Waals surface area (Å²) in [5.41, 5.74) is 6.76. The Bertz CT molecular complexity index is 303. The van der Waals surface area contributed by atoms with E-state index in [1.54, 1.807) is 6.20 Å². The monoisotopic (exact) mass is 211 g/mol. The van der Waals surface area contributed by atoms with Crippen LogP contribution >= 0.6 is 0 Å². The summed E-state index contributed by atoms with van der Waals surface area (Å²) >= 11 is 0. The van der Waals surface area contributed by atoms with Gasteiger partial charge in [-0.05, 0) is 19.5 Å². The molecule has 0 aromatic carbocycles. The van der Waals surface area contributed by atoms with Gasteiger partial charge in [0.1, 0.15) is 5.82 Å². The molecule has 0 bridgehead atoms. The van der Waals surface area contributed by atoms with Crippen LogP contribution in [0.15, 0.2) is 6.20 Å². The van der Waals surface area contributed by atoms with Gasteiger partial charge in [-0.2, -0.15) is 5.10 Å². The fourth-order valence-electron chi connectivity index (χ4n) is 1.68. The Morgan fingerprint density at radius 1 is 1.53 bits per heavy atom. The first-order valence-corrected chi connectivity index (χ1v) is 5.08. The highest BCUT2D eigenvalue weighted by molar-refractivity contribution is 5.59. The molecular formula is C10H21N5. The molecule has 15 heavy (non-hydrogen) atoms. The number of nitrogens with two attached hydrogens (primary N) is 1. The Balaban J connectivity index is 2.46. The normalized spacial score (nSPS) is 12.1. The maximum atomic E-state index is 5.68. The third-order valence-corrected chi connectivity index (χ3v) is 2.17. The Labute approximate surface area is 91.0 Å². The molecule has 0 aliphatic rings. The van der Waals surface area contributed by atoms with Gasteiger partial charge in [-0.15, -0.1) is 0 Å². The highest BCUT2D eigenvalue weighted by Gasteiger charge is 2.19. The lowest BCUT2D eigenvalue weighted by Crippen LogP contribution is -2.34. The van der Waals surface area contributed by atoms with Crippen LogP contribution in [0, 0.1) is 5.41 Å². The molecule has 0 fully saturated rings. The van der Waals surface area contributed by atoms with E-state index in [9.17, 15) is 0 Å². The summed E-state index contributed by atoms with van der Waals surface area (Å²) in [5, 5.41) is 9.85. The molecule has 0 spiro atoms. The molecule has 5 heteroatoms. The minimum atomic E-state index is 0.202. The number of nitrogen functional groups attached to an aromatic ring is 1. The van der Waals surface area contributed by atoms with E-state index in [0.717, 1.165) is 18.8 Å². The molecule has 86 valence electrons. The average molecular weight is 211 g/mol. The van der Waals surface area contributed by atoms with Crippen molar-refractivity contribution in [3.8, 4) is 0 Å². The van der Waals surface area contributed by atoms with Gasteiger partial charge >= 0.3 is 0 Å². The number of nitrogens with zero attached hydrogens (tertiary/aromatic N) is 2. The second kappa shape index (κ2) is 4.53. The van der Waals surface area contributed by atoms with Crippen molar-refractivity contribution in [2.24, 2.45) is 5.41 Å². The van der Waals surface area contributed by atoms with E-state index >= 15 is 0 Å². The number of aromatic amines is 1. The maximum Gasteiger partial charge on any atom is 0.142 e. The summed E-state index contributed by atoms with van der Waals surface area (Å²) in [6.07, 6.45) is 1.71. The molecule has 0 unspecified atom stereocenters. The van der Waals surface area contributed by atoms with Gasteiger partial charge in [0.15, 0.2) is 0 Å². The summed E-state index contributed by atoms with van der Waals surface area (Å²) in [4.78, 5) is 2.18. The smallest absolute Gasteiger partial charge is 0.142 e. The van der Waals surface area contributed by atoms with Crippen LogP contribution in [0.5, 0.6) is 0 Å². The Kier molecular flexibility index (Phi) is 3.57. The van der Waals surface area contributed by atoms with E-state index < -0.39 is 0 Å². The number of hydrogen-bond donors (Lipinski definition) is 3. The van der Waals surface area contributed by atoms with Crippen molar-refractivity contribution < 1.29 is 0 Å². The maximum absolute atomic E-state index is 5.68. The van der Waals surface area contributed by atoms with Crippen LogP contribution in [0.25, 0.3) is 0 Å². The molecule has 0 radical (unpaired) electrons. The van der Waals surface area contributed by atoms with Crippen LogP contribution < -0.4 is 11.1 Å². The predicted octanol–water partition coefficient (Wildman–Crippen LogP) is 0.992. The number of aromatic nitrogens is 2. The molecule has 0 saturated heterocycles. The molecule has 0 atom stereocenters. The highest BCUT2D eigenvalue weighted by atomic mass is 15.2. The lowest BCUT2D eigenvalue weighted by Gasteiger charge is -2.28. The fourth-order valence-corrected chi connectivity index (χ4v) is 1.68. The predicted molar refractivity (Wildman–Crippen MR) is 63.8 cm³/mol. The quantitative estimate of drug-likeness (QED) is 0.679. The number of H-pyrrole nitrogens is 1. The highest BCUT2D eigenvalue weighted by Crippen LogP contribution is 2.19. The third-order valence-electron chi connectivity index (χ3n) is 2.17. The van der Waals surface area contributed by atoms with Crippen molar-refractivity contribution >= 4 is 11.5 Å². The first-order valence-electron chi connectivity index (χ1n) is 5.08. The van der Waals surface area contributed by atoms with E-state index in [-0.39, 0.29) is 5.41 Å². The van der Waals surface area contributed by atoms with Gasteiger partial charge in [0.25, 0.3) is 0 Å². The van der Waals surface area contributed by atoms with Crippen LogP contribution in [-0.4, -0.2) is 42.3 Å². The fraction of sp³-hybridized carbons (Fsp3) is 0.700. The third kappa shape index (κ3) is 3.79. The standard InChI is InChI=1S/C10H21N5/c1-10(2,7-15(3)4)6-12-8-5-13-14-9(8)11/h5,12H,6-7H2,1-4H3,(H3,11,13,14). The summed E-state index contributed by atoms with van der Waals surface area (Å²) in [7, 11) is 4.15. The molecule has 1 aromatic rings. The van der Waals surface area contributed by atoms with Gasteiger partial charge < -0.3 is 16.0 Å². The molecule has 0 saturated carbocycles. The summed E-state index contributed by atoms with van der Waals surface area (Å²) in [6.45, 7) is 6.33. The zero-order valence-electron chi connectivity index (χ0n) is 9.96. The lowest BCUT2D eigenvalue weighted by molar-refractivity contribution is 0.254. The van der Waals surface area contributed by atoms with Gasteiger partial charge in [-0.3, -0.25) is 5.10 Å². The second-order valence-corrected chi connectivity index (χ2v) is 4.95. The molecule has 0 aliphatic heterocycles. The van der Waals surface area contributed by atoms with Crippen molar-refractivity contribution in [1.82, 2.24) is 15.1 Å². The average Bonchev–Trinajstić information content (AvgIpc) is 2.45. The van der Waals surface area contributed by atoms with E-state index in [0.29, 0.717) is 5.82 Å². The zero-order chi connectivity index (χ0) is 11.5. The van der Waals surface area contributed by atoms with Crippen molar-refractivity contribution in [3.05, 3.63) is 6.20 Å². The van der Waals surface area contributed by atoms with Crippen LogP contribution in [-0.2, 0) is 0 Å². The molecule has 0 aliphatic carbocycles. The number of hydrogen-bond acceptors (Lipinski definition) is 4. The molecule has 1 heterocycles. The first-order chi connectivity index (χ1) is 6.91. The zero-order valence-corrected chi connectivity index (χ0v) is 9.96. The molecule has 1 aromatic heterocycles. The topological polar surface area (TPSA) is 70.0 Å². The van der Waals surface area contributed by atoms with Crippen molar-refractivity contribution in [2.45, 2.75) is 13.8 Å². The van der Waals surface area contributed by atoms with Crippen molar-refractivity contribution in [1.29, 1.82) is 0 Å². The minimum absolute atomic E-state index is 0.202. The van der Waals surface area contributed by atoms with Crippen LogP contribution in [0.4, 0.5) is 11.5 Å². The van der Waals surface area contributed by atoms with Gasteiger partial charge in [0.05, 0.1) is 11.9 Å². The SMILES string of the molecule is CN(C)CC(C)(C)CNc1cn[nH]c1N. The van der Waals surface area contributed by atoms with Gasteiger partial charge in [-0.1, -0.05) is 13.8 Å². The van der Waals surface area contributed by atoms with Crippen LogP contribution in [0.2, 0.25) is 0 Å². The number of rotatable bonds is 5. The Morgan fingerprint density at radius 2 is 2.20 bits per heavy atom. The van der Waals surface area contributed by atoms with Crippen molar-refractivity contribution in [3.63, 3.8) is 0 Å². The van der Waals surface area contributed by atoms with Gasteiger partial charge in [0, 0.05) is 13.1 Å². The second-order valence-electron chi connectivity index (χ2n) is 4.95.